The predicted molar refractivity (Wildman–Crippen MR) is 66.4 cm³/mol. The largest absolute Gasteiger partial charge is 0.356 e. The topological polar surface area (TPSA) is 27.7 Å². The minimum absolute atomic E-state index is 0.335. The Bertz CT molecular complexity index is 142. The average molecular weight is 252 g/mol. The zero-order valence-corrected chi connectivity index (χ0v) is 11.6. The summed E-state index contributed by atoms with van der Waals surface area (Å²) in [5, 5.41) is 0. The van der Waals surface area contributed by atoms with Gasteiger partial charge in [-0.15, -0.1) is 0 Å². The van der Waals surface area contributed by atoms with Gasteiger partial charge in [-0.05, 0) is 12.8 Å². The predicted octanol–water partition coefficient (Wildman–Crippen LogP) is 4.27. The van der Waals surface area contributed by atoms with Crippen LogP contribution in [0.2, 0.25) is 0 Å². The lowest BCUT2D eigenvalue weighted by atomic mass is 10.4. The number of rotatable bonds is 8. The highest BCUT2D eigenvalue weighted by atomic mass is 31.2. The average Bonchev–Trinajstić information content (AvgIpc) is 2.67. The fourth-order valence-corrected chi connectivity index (χ4v) is 5.38. The van der Waals surface area contributed by atoms with E-state index in [0.717, 1.165) is 38.3 Å². The lowest BCUT2D eigenvalue weighted by Gasteiger charge is -2.09. The summed E-state index contributed by atoms with van der Waals surface area (Å²) in [4.78, 5) is 0. The summed E-state index contributed by atoms with van der Waals surface area (Å²) in [5.41, 5.74) is 0. The second-order valence-corrected chi connectivity index (χ2v) is 7.38. The van der Waals surface area contributed by atoms with E-state index in [1.165, 1.54) is 12.8 Å². The van der Waals surface area contributed by atoms with E-state index in [9.17, 15) is 0 Å². The van der Waals surface area contributed by atoms with Crippen molar-refractivity contribution in [1.82, 2.24) is 0 Å². The highest BCUT2D eigenvalue weighted by molar-refractivity contribution is 7.70. The molecule has 0 aromatic rings. The first-order valence-electron chi connectivity index (χ1n) is 5.78. The molecule has 0 saturated carbocycles. The van der Waals surface area contributed by atoms with Crippen molar-refractivity contribution in [2.45, 2.75) is 39.5 Å². The fraction of sp³-hybridized carbons (Fsp3) is 1.00. The minimum atomic E-state index is -0.613. The smallest absolute Gasteiger partial charge is 0.177 e. The fourth-order valence-electron chi connectivity index (χ4n) is 1.14. The third kappa shape index (κ3) is 6.14. The third-order valence-corrected chi connectivity index (χ3v) is 6.37. The van der Waals surface area contributed by atoms with Crippen LogP contribution in [-0.4, -0.2) is 25.5 Å². The molecule has 1 aliphatic heterocycles. The van der Waals surface area contributed by atoms with E-state index < -0.39 is 8.38 Å². The van der Waals surface area contributed by atoms with Crippen molar-refractivity contribution >= 4 is 16.5 Å². The van der Waals surface area contributed by atoms with E-state index in [-0.39, 0.29) is 8.15 Å². The molecule has 90 valence electrons. The summed E-state index contributed by atoms with van der Waals surface area (Å²) in [7, 11) is -0.948. The molecule has 2 atom stereocenters. The van der Waals surface area contributed by atoms with Crippen LogP contribution in [-0.2, 0) is 13.6 Å². The number of hydrogen-bond acceptors (Lipinski definition) is 3. The quantitative estimate of drug-likeness (QED) is 0.477. The molecule has 0 N–H and O–H groups in total. The first-order valence-corrected chi connectivity index (χ1v) is 8.77. The molecule has 0 bridgehead atoms. The van der Waals surface area contributed by atoms with Crippen LogP contribution < -0.4 is 0 Å². The summed E-state index contributed by atoms with van der Waals surface area (Å²) in [6, 6.07) is 0. The van der Waals surface area contributed by atoms with Gasteiger partial charge in [-0.25, -0.2) is 0 Å². The Hall–Kier alpha value is 0.740. The van der Waals surface area contributed by atoms with Gasteiger partial charge in [0.05, 0.1) is 33.6 Å². The Kier molecular flexibility index (Phi) is 8.14. The highest BCUT2D eigenvalue weighted by Gasteiger charge is 2.27. The molecule has 0 radical (unpaired) electrons. The molecule has 1 rings (SSSR count). The lowest BCUT2D eigenvalue weighted by Crippen LogP contribution is -1.90. The molecule has 3 nitrogen and oxygen atoms in total. The van der Waals surface area contributed by atoms with E-state index in [0.29, 0.717) is 0 Å². The van der Waals surface area contributed by atoms with E-state index in [2.05, 4.69) is 13.8 Å². The van der Waals surface area contributed by atoms with Crippen LogP contribution in [0.5, 0.6) is 0 Å². The Balaban J connectivity index is 1.99. The van der Waals surface area contributed by atoms with Gasteiger partial charge in [-0.2, -0.15) is 0 Å². The maximum Gasteiger partial charge on any atom is 0.177 e. The summed E-state index contributed by atoms with van der Waals surface area (Å²) >= 11 is 0. The van der Waals surface area contributed by atoms with Crippen LogP contribution in [0, 0.1) is 0 Å². The molecule has 0 aliphatic carbocycles. The summed E-state index contributed by atoms with van der Waals surface area (Å²) in [6.45, 7) is 6.10. The SMILES string of the molecule is CCCCOP1COP(OCCCC)C1. The van der Waals surface area contributed by atoms with Gasteiger partial charge < -0.3 is 13.6 Å². The zero-order valence-electron chi connectivity index (χ0n) is 9.78. The van der Waals surface area contributed by atoms with E-state index in [1.807, 2.05) is 0 Å². The van der Waals surface area contributed by atoms with Crippen LogP contribution in [0.15, 0.2) is 0 Å². The van der Waals surface area contributed by atoms with E-state index in [1.54, 1.807) is 0 Å². The van der Waals surface area contributed by atoms with Crippen molar-refractivity contribution in [3.63, 3.8) is 0 Å². The number of hydrogen-bond donors (Lipinski definition) is 0. The summed E-state index contributed by atoms with van der Waals surface area (Å²) in [5.74, 6) is 1.03. The number of unbranched alkanes of at least 4 members (excludes halogenated alkanes) is 2. The molecular weight excluding hydrogens is 230 g/mol. The second-order valence-electron chi connectivity index (χ2n) is 3.59. The molecule has 0 aromatic carbocycles. The zero-order chi connectivity index (χ0) is 10.9. The Morgan fingerprint density at radius 1 is 1.07 bits per heavy atom. The van der Waals surface area contributed by atoms with E-state index >= 15 is 0 Å². The van der Waals surface area contributed by atoms with Gasteiger partial charge in [-0.3, -0.25) is 0 Å². The Morgan fingerprint density at radius 3 is 2.40 bits per heavy atom. The minimum Gasteiger partial charge on any atom is -0.356 e. The first kappa shape index (κ1) is 13.8. The molecular formula is C10H22O3P2. The van der Waals surface area contributed by atoms with Crippen LogP contribution >= 0.6 is 16.5 Å². The van der Waals surface area contributed by atoms with E-state index in [4.69, 9.17) is 13.6 Å². The summed E-state index contributed by atoms with van der Waals surface area (Å²) < 4.78 is 17.0. The van der Waals surface area contributed by atoms with Crippen molar-refractivity contribution < 1.29 is 13.6 Å². The van der Waals surface area contributed by atoms with Gasteiger partial charge in [0.1, 0.15) is 0 Å². The second kappa shape index (κ2) is 8.84. The molecule has 1 aliphatic rings. The van der Waals surface area contributed by atoms with Crippen molar-refractivity contribution in [3.8, 4) is 0 Å². The van der Waals surface area contributed by atoms with Crippen molar-refractivity contribution in [1.29, 1.82) is 0 Å². The molecule has 1 heterocycles. The third-order valence-electron chi connectivity index (χ3n) is 2.12. The molecule has 1 saturated heterocycles. The molecule has 5 heteroatoms. The Labute approximate surface area is 95.6 Å². The van der Waals surface area contributed by atoms with Gasteiger partial charge in [0, 0.05) is 0 Å². The molecule has 0 spiro atoms. The maximum absolute atomic E-state index is 5.76. The molecule has 0 aromatic heterocycles. The molecule has 2 unspecified atom stereocenters. The van der Waals surface area contributed by atoms with Gasteiger partial charge in [0.25, 0.3) is 0 Å². The van der Waals surface area contributed by atoms with Crippen molar-refractivity contribution in [2.75, 3.05) is 25.5 Å². The van der Waals surface area contributed by atoms with Crippen LogP contribution in [0.3, 0.4) is 0 Å². The monoisotopic (exact) mass is 252 g/mol. The highest BCUT2D eigenvalue weighted by Crippen LogP contribution is 2.60. The normalized spacial score (nSPS) is 26.0. The summed E-state index contributed by atoms with van der Waals surface area (Å²) in [6.07, 6.45) is 5.47. The molecule has 15 heavy (non-hydrogen) atoms. The van der Waals surface area contributed by atoms with Gasteiger partial charge in [0.15, 0.2) is 8.38 Å². The van der Waals surface area contributed by atoms with Crippen LogP contribution in [0.25, 0.3) is 0 Å². The van der Waals surface area contributed by atoms with Gasteiger partial charge in [-0.1, -0.05) is 26.7 Å². The van der Waals surface area contributed by atoms with Crippen molar-refractivity contribution in [2.24, 2.45) is 0 Å². The van der Waals surface area contributed by atoms with Crippen molar-refractivity contribution in [3.05, 3.63) is 0 Å². The molecule has 0 amide bonds. The standard InChI is InChI=1S/C10H22O3P2/c1-3-5-7-11-14-9-13-15(10-14)12-8-6-4-2/h3-10H2,1-2H3. The first-order chi connectivity index (χ1) is 7.36. The van der Waals surface area contributed by atoms with Crippen LogP contribution in [0.1, 0.15) is 39.5 Å². The maximum atomic E-state index is 5.76. The molecule has 1 fully saturated rings. The Morgan fingerprint density at radius 2 is 1.73 bits per heavy atom. The van der Waals surface area contributed by atoms with Crippen LogP contribution in [0.4, 0.5) is 0 Å². The van der Waals surface area contributed by atoms with Gasteiger partial charge in [0.2, 0.25) is 0 Å². The lowest BCUT2D eigenvalue weighted by molar-refractivity contribution is 0.275. The van der Waals surface area contributed by atoms with Gasteiger partial charge >= 0.3 is 0 Å².